The summed E-state index contributed by atoms with van der Waals surface area (Å²) in [6.07, 6.45) is 7.46. The van der Waals surface area contributed by atoms with Crippen LogP contribution in [-0.2, 0) is 0 Å². The van der Waals surface area contributed by atoms with E-state index in [-0.39, 0.29) is 0 Å². The third-order valence-electron chi connectivity index (χ3n) is 4.69. The molecule has 3 atom stereocenters. The van der Waals surface area contributed by atoms with Crippen LogP contribution in [0.15, 0.2) is 24.5 Å². The van der Waals surface area contributed by atoms with Gasteiger partial charge in [-0.2, -0.15) is 4.37 Å². The molecule has 3 unspecified atom stereocenters. The van der Waals surface area contributed by atoms with Gasteiger partial charge in [-0.05, 0) is 35.9 Å². The van der Waals surface area contributed by atoms with E-state index in [1.165, 1.54) is 30.8 Å². The van der Waals surface area contributed by atoms with Crippen molar-refractivity contribution >= 4 is 22.4 Å². The van der Waals surface area contributed by atoms with Crippen LogP contribution in [0, 0.1) is 11.8 Å². The van der Waals surface area contributed by atoms with Gasteiger partial charge in [-0.3, -0.25) is 4.98 Å². The lowest BCUT2D eigenvalue weighted by molar-refractivity contribution is 0.253. The van der Waals surface area contributed by atoms with Gasteiger partial charge in [0, 0.05) is 24.0 Å². The predicted octanol–water partition coefficient (Wildman–Crippen LogP) is 4.02. The highest BCUT2D eigenvalue weighted by atomic mass is 32.1. The Morgan fingerprint density at radius 1 is 1.33 bits per heavy atom. The SMILES string of the molecule is CC1CCCC(Nc2snc(N)c2-c2cccnc2)C1C. The van der Waals surface area contributed by atoms with Crippen LogP contribution in [0.1, 0.15) is 33.1 Å². The summed E-state index contributed by atoms with van der Waals surface area (Å²) < 4.78 is 4.33. The number of hydrogen-bond acceptors (Lipinski definition) is 5. The van der Waals surface area contributed by atoms with Gasteiger partial charge >= 0.3 is 0 Å². The molecule has 3 N–H and O–H groups in total. The molecule has 0 aliphatic heterocycles. The van der Waals surface area contributed by atoms with Gasteiger partial charge in [-0.15, -0.1) is 0 Å². The van der Waals surface area contributed by atoms with Gasteiger partial charge < -0.3 is 11.1 Å². The summed E-state index contributed by atoms with van der Waals surface area (Å²) in [4.78, 5) is 4.19. The van der Waals surface area contributed by atoms with Gasteiger partial charge in [0.2, 0.25) is 0 Å². The van der Waals surface area contributed by atoms with Crippen molar-refractivity contribution in [2.45, 2.75) is 39.2 Å². The second-order valence-electron chi connectivity index (χ2n) is 6.03. The topological polar surface area (TPSA) is 63.8 Å². The molecule has 1 aliphatic rings. The number of nitrogens with one attached hydrogen (secondary N) is 1. The third kappa shape index (κ3) is 2.88. The number of anilines is 2. The average molecular weight is 302 g/mol. The summed E-state index contributed by atoms with van der Waals surface area (Å²) in [5, 5.41) is 4.77. The zero-order chi connectivity index (χ0) is 14.8. The average Bonchev–Trinajstić information content (AvgIpc) is 2.86. The van der Waals surface area contributed by atoms with E-state index in [1.807, 2.05) is 18.3 Å². The first-order chi connectivity index (χ1) is 10.2. The van der Waals surface area contributed by atoms with Crippen molar-refractivity contribution in [2.24, 2.45) is 11.8 Å². The van der Waals surface area contributed by atoms with Gasteiger partial charge in [0.25, 0.3) is 0 Å². The monoisotopic (exact) mass is 302 g/mol. The number of nitrogens with two attached hydrogens (primary N) is 1. The second kappa shape index (κ2) is 6.02. The summed E-state index contributed by atoms with van der Waals surface area (Å²) in [6, 6.07) is 4.47. The molecular formula is C16H22N4S. The van der Waals surface area contributed by atoms with Crippen molar-refractivity contribution in [3.63, 3.8) is 0 Å². The van der Waals surface area contributed by atoms with E-state index in [0.29, 0.717) is 17.8 Å². The lowest BCUT2D eigenvalue weighted by Crippen LogP contribution is -2.34. The Morgan fingerprint density at radius 2 is 2.19 bits per heavy atom. The molecule has 112 valence electrons. The first-order valence-electron chi connectivity index (χ1n) is 7.59. The molecule has 2 heterocycles. The first kappa shape index (κ1) is 14.3. The quantitative estimate of drug-likeness (QED) is 0.898. The van der Waals surface area contributed by atoms with E-state index in [0.717, 1.165) is 22.0 Å². The van der Waals surface area contributed by atoms with E-state index >= 15 is 0 Å². The van der Waals surface area contributed by atoms with Crippen LogP contribution >= 0.6 is 11.5 Å². The Balaban J connectivity index is 1.87. The van der Waals surface area contributed by atoms with Crippen LogP contribution in [0.3, 0.4) is 0 Å². The molecule has 2 aromatic heterocycles. The summed E-state index contributed by atoms with van der Waals surface area (Å²) in [5.41, 5.74) is 8.10. The van der Waals surface area contributed by atoms with Crippen LogP contribution < -0.4 is 11.1 Å². The molecule has 2 aromatic rings. The van der Waals surface area contributed by atoms with Crippen LogP contribution in [0.5, 0.6) is 0 Å². The molecule has 0 saturated heterocycles. The van der Waals surface area contributed by atoms with Gasteiger partial charge in [0.05, 0.1) is 5.56 Å². The maximum Gasteiger partial charge on any atom is 0.147 e. The number of nitrogen functional groups attached to an aromatic ring is 1. The Hall–Kier alpha value is -1.62. The first-order valence-corrected chi connectivity index (χ1v) is 8.36. The van der Waals surface area contributed by atoms with Crippen LogP contribution in [0.25, 0.3) is 11.1 Å². The van der Waals surface area contributed by atoms with Crippen molar-refractivity contribution in [2.75, 3.05) is 11.1 Å². The molecular weight excluding hydrogens is 280 g/mol. The lowest BCUT2D eigenvalue weighted by Gasteiger charge is -2.35. The highest BCUT2D eigenvalue weighted by Crippen LogP contribution is 2.39. The fourth-order valence-electron chi connectivity index (χ4n) is 3.14. The molecule has 0 radical (unpaired) electrons. The van der Waals surface area contributed by atoms with Crippen molar-refractivity contribution in [1.29, 1.82) is 0 Å². The molecule has 0 amide bonds. The van der Waals surface area contributed by atoms with Crippen molar-refractivity contribution in [3.05, 3.63) is 24.5 Å². The summed E-state index contributed by atoms with van der Waals surface area (Å²) >= 11 is 1.45. The number of aromatic nitrogens is 2. The normalized spacial score (nSPS) is 25.7. The van der Waals surface area contributed by atoms with E-state index in [1.54, 1.807) is 6.20 Å². The van der Waals surface area contributed by atoms with E-state index in [9.17, 15) is 0 Å². The van der Waals surface area contributed by atoms with Crippen molar-refractivity contribution in [3.8, 4) is 11.1 Å². The maximum atomic E-state index is 6.07. The lowest BCUT2D eigenvalue weighted by atomic mass is 9.78. The summed E-state index contributed by atoms with van der Waals surface area (Å²) in [5.74, 6) is 2.03. The van der Waals surface area contributed by atoms with Crippen LogP contribution in [-0.4, -0.2) is 15.4 Å². The fourth-order valence-corrected chi connectivity index (χ4v) is 3.94. The highest BCUT2D eigenvalue weighted by molar-refractivity contribution is 7.11. The third-order valence-corrected chi connectivity index (χ3v) is 5.48. The smallest absolute Gasteiger partial charge is 0.147 e. The molecule has 1 fully saturated rings. The van der Waals surface area contributed by atoms with E-state index < -0.39 is 0 Å². The van der Waals surface area contributed by atoms with Crippen molar-refractivity contribution < 1.29 is 0 Å². The molecule has 0 aromatic carbocycles. The Bertz CT molecular complexity index is 596. The zero-order valence-electron chi connectivity index (χ0n) is 12.5. The minimum atomic E-state index is 0.504. The second-order valence-corrected chi connectivity index (χ2v) is 6.81. The standard InChI is InChI=1S/C16H22N4S/c1-10-5-3-7-13(11(10)2)19-16-14(15(17)20-21-16)12-6-4-8-18-9-12/h4,6,8-11,13,19H,3,5,7H2,1-2H3,(H2,17,20). The molecule has 4 nitrogen and oxygen atoms in total. The molecule has 21 heavy (non-hydrogen) atoms. The summed E-state index contributed by atoms with van der Waals surface area (Å²) in [7, 11) is 0. The minimum absolute atomic E-state index is 0.504. The number of hydrogen-bond donors (Lipinski definition) is 2. The number of pyridine rings is 1. The highest BCUT2D eigenvalue weighted by Gasteiger charge is 2.28. The Kier molecular flexibility index (Phi) is 4.10. The van der Waals surface area contributed by atoms with Crippen molar-refractivity contribution in [1.82, 2.24) is 9.36 Å². The predicted molar refractivity (Wildman–Crippen MR) is 89.3 cm³/mol. The van der Waals surface area contributed by atoms with E-state index in [4.69, 9.17) is 5.73 Å². The molecule has 0 bridgehead atoms. The van der Waals surface area contributed by atoms with Gasteiger partial charge in [0.15, 0.2) is 0 Å². The summed E-state index contributed by atoms with van der Waals surface area (Å²) in [6.45, 7) is 4.69. The molecule has 1 saturated carbocycles. The zero-order valence-corrected chi connectivity index (χ0v) is 13.4. The number of rotatable bonds is 3. The van der Waals surface area contributed by atoms with Gasteiger partial charge in [-0.25, -0.2) is 0 Å². The number of nitrogens with zero attached hydrogens (tertiary/aromatic N) is 2. The van der Waals surface area contributed by atoms with Crippen LogP contribution in [0.4, 0.5) is 10.8 Å². The molecule has 1 aliphatic carbocycles. The maximum absolute atomic E-state index is 6.07. The molecule has 0 spiro atoms. The van der Waals surface area contributed by atoms with Gasteiger partial charge in [-0.1, -0.05) is 32.8 Å². The largest absolute Gasteiger partial charge is 0.382 e. The Labute approximate surface area is 130 Å². The van der Waals surface area contributed by atoms with Gasteiger partial charge in [0.1, 0.15) is 10.8 Å². The fraction of sp³-hybridized carbons (Fsp3) is 0.500. The Morgan fingerprint density at radius 3 is 2.95 bits per heavy atom. The minimum Gasteiger partial charge on any atom is -0.382 e. The molecule has 3 rings (SSSR count). The van der Waals surface area contributed by atoms with Crippen LogP contribution in [0.2, 0.25) is 0 Å². The molecule has 5 heteroatoms. The van der Waals surface area contributed by atoms with E-state index in [2.05, 4.69) is 28.5 Å².